The van der Waals surface area contributed by atoms with Crippen molar-refractivity contribution in [2.75, 3.05) is 26.2 Å². The molecule has 7 nitrogen and oxygen atoms in total. The lowest BCUT2D eigenvalue weighted by Gasteiger charge is -2.33. The van der Waals surface area contributed by atoms with Gasteiger partial charge in [-0.3, -0.25) is 4.79 Å². The molecule has 1 fully saturated rings. The van der Waals surface area contributed by atoms with Gasteiger partial charge >= 0.3 is 0 Å². The van der Waals surface area contributed by atoms with Crippen molar-refractivity contribution in [3.63, 3.8) is 0 Å². The number of rotatable bonds is 3. The number of halogens is 2. The Hall–Kier alpha value is -1.86. The highest BCUT2D eigenvalue weighted by molar-refractivity contribution is 7.89. The Morgan fingerprint density at radius 1 is 1.06 bits per heavy atom. The summed E-state index contributed by atoms with van der Waals surface area (Å²) in [5.74, 6) is -0.159. The molecule has 1 saturated heterocycles. The molecular formula is C22H20ClIN4O3S2. The number of nitrogens with zero attached hydrogens (tertiary/aromatic N) is 4. The molecule has 0 spiro atoms. The van der Waals surface area contributed by atoms with Gasteiger partial charge in [-0.1, -0.05) is 23.7 Å². The monoisotopic (exact) mass is 614 g/mol. The number of fused-ring (bicyclic) bond motifs is 2. The average molecular weight is 615 g/mol. The minimum Gasteiger partial charge on any atom is -1.00 e. The molecule has 0 radical (unpaired) electrons. The first-order valence-corrected chi connectivity index (χ1v) is 12.7. The second-order valence-electron chi connectivity index (χ2n) is 7.73. The minimum atomic E-state index is -3.66. The molecule has 1 aliphatic rings. The molecule has 2 aromatic heterocycles. The Morgan fingerprint density at radius 3 is 2.52 bits per heavy atom. The van der Waals surface area contributed by atoms with Gasteiger partial charge in [-0.05, 0) is 35.0 Å². The smallest absolute Gasteiger partial charge is 0.282 e. The van der Waals surface area contributed by atoms with E-state index in [0.29, 0.717) is 23.1 Å². The lowest BCUT2D eigenvalue weighted by Crippen LogP contribution is -3.00. The molecule has 5 rings (SSSR count). The summed E-state index contributed by atoms with van der Waals surface area (Å²) in [6.45, 7) is 1.13. The third-order valence-corrected chi connectivity index (χ3v) is 8.74. The fourth-order valence-electron chi connectivity index (χ4n) is 3.84. The molecule has 172 valence electrons. The summed E-state index contributed by atoms with van der Waals surface area (Å²) in [6, 6.07) is 12.3. The highest BCUT2D eigenvalue weighted by Gasteiger charge is 2.31. The summed E-state index contributed by atoms with van der Waals surface area (Å²) < 4.78 is 30.6. The first-order chi connectivity index (χ1) is 15.3. The van der Waals surface area contributed by atoms with Crippen LogP contribution < -0.4 is 28.5 Å². The van der Waals surface area contributed by atoms with Gasteiger partial charge in [-0.2, -0.15) is 4.31 Å². The van der Waals surface area contributed by atoms with Gasteiger partial charge in [-0.15, -0.1) is 11.3 Å². The molecule has 1 aliphatic heterocycles. The first kappa shape index (κ1) is 24.3. The lowest BCUT2D eigenvalue weighted by molar-refractivity contribution is -0.670. The van der Waals surface area contributed by atoms with Crippen molar-refractivity contribution in [3.8, 4) is 0 Å². The normalized spacial score (nSPS) is 15.0. The van der Waals surface area contributed by atoms with Crippen LogP contribution in [0.4, 0.5) is 0 Å². The van der Waals surface area contributed by atoms with E-state index in [0.717, 1.165) is 21.0 Å². The summed E-state index contributed by atoms with van der Waals surface area (Å²) in [5.41, 5.74) is 0.780. The molecule has 3 heterocycles. The van der Waals surface area contributed by atoms with Crippen LogP contribution in [-0.2, 0) is 17.1 Å². The maximum absolute atomic E-state index is 13.2. The Kier molecular flexibility index (Phi) is 6.92. The molecule has 0 bridgehead atoms. The van der Waals surface area contributed by atoms with Crippen molar-refractivity contribution in [1.29, 1.82) is 0 Å². The molecule has 0 N–H and O–H groups in total. The third kappa shape index (κ3) is 4.72. The van der Waals surface area contributed by atoms with Crippen molar-refractivity contribution in [3.05, 3.63) is 64.9 Å². The van der Waals surface area contributed by atoms with Crippen molar-refractivity contribution >= 4 is 59.9 Å². The maximum Gasteiger partial charge on any atom is 0.282 e. The second kappa shape index (κ2) is 9.41. The average Bonchev–Trinajstić information content (AvgIpc) is 3.21. The predicted molar refractivity (Wildman–Crippen MR) is 124 cm³/mol. The Labute approximate surface area is 217 Å². The van der Waals surface area contributed by atoms with Crippen molar-refractivity contribution < 1.29 is 41.8 Å². The van der Waals surface area contributed by atoms with Gasteiger partial charge < -0.3 is 28.9 Å². The molecular weight excluding hydrogens is 595 g/mol. The fourth-order valence-corrected chi connectivity index (χ4v) is 6.38. The molecule has 0 aliphatic carbocycles. The van der Waals surface area contributed by atoms with Gasteiger partial charge in [0.05, 0.1) is 9.60 Å². The fraction of sp³-hybridized carbons (Fsp3) is 0.227. The summed E-state index contributed by atoms with van der Waals surface area (Å²) in [5, 5.41) is 2.73. The van der Waals surface area contributed by atoms with Crippen LogP contribution in [0.25, 0.3) is 21.0 Å². The zero-order chi connectivity index (χ0) is 22.5. The van der Waals surface area contributed by atoms with E-state index in [-0.39, 0.29) is 47.9 Å². The van der Waals surface area contributed by atoms with E-state index in [2.05, 4.69) is 4.98 Å². The van der Waals surface area contributed by atoms with Crippen LogP contribution in [-0.4, -0.2) is 54.7 Å². The van der Waals surface area contributed by atoms with Gasteiger partial charge in [0, 0.05) is 37.3 Å². The predicted octanol–water partition coefficient (Wildman–Crippen LogP) is 0.0781. The van der Waals surface area contributed by atoms with Crippen molar-refractivity contribution in [2.24, 2.45) is 7.05 Å². The topological polar surface area (TPSA) is 74.5 Å². The van der Waals surface area contributed by atoms with Gasteiger partial charge in [0.2, 0.25) is 10.0 Å². The van der Waals surface area contributed by atoms with E-state index in [9.17, 15) is 13.2 Å². The van der Waals surface area contributed by atoms with E-state index >= 15 is 0 Å². The number of pyridine rings is 1. The SMILES string of the molecule is C[n+]1ccc2sc(C(=O)N3CCN(S(=O)(=O)c4ccc5cc(Cl)ccc5c4)CC3)nc2c1.[I-]. The van der Waals surface area contributed by atoms with Gasteiger partial charge in [0.15, 0.2) is 17.4 Å². The van der Waals surface area contributed by atoms with Crippen LogP contribution in [0.3, 0.4) is 0 Å². The van der Waals surface area contributed by atoms with Crippen LogP contribution in [0.5, 0.6) is 0 Å². The van der Waals surface area contributed by atoms with Crippen LogP contribution in [0.1, 0.15) is 9.80 Å². The molecule has 0 saturated carbocycles. The Morgan fingerprint density at radius 2 is 1.76 bits per heavy atom. The number of hydrogen-bond donors (Lipinski definition) is 0. The zero-order valence-electron chi connectivity index (χ0n) is 17.6. The number of carbonyl (C=O) groups is 1. The molecule has 33 heavy (non-hydrogen) atoms. The standard InChI is InChI=1S/C22H20ClN4O3S2.HI/c1-25-7-6-20-19(14-25)24-21(31-20)22(28)26-8-10-27(11-9-26)32(29,30)18-5-3-15-12-17(23)4-2-16(15)13-18;/h2-7,12-14H,8-11H2,1H3;1H/q+1;/p-1. The highest BCUT2D eigenvalue weighted by atomic mass is 127. The molecule has 4 aromatic rings. The second-order valence-corrected chi connectivity index (χ2v) is 11.1. The van der Waals surface area contributed by atoms with Crippen LogP contribution in [0, 0.1) is 0 Å². The molecule has 0 unspecified atom stereocenters. The molecule has 11 heteroatoms. The zero-order valence-corrected chi connectivity index (χ0v) is 22.2. The van der Waals surface area contributed by atoms with E-state index in [1.165, 1.54) is 15.6 Å². The Bertz CT molecular complexity index is 1470. The summed E-state index contributed by atoms with van der Waals surface area (Å²) >= 11 is 7.38. The quantitative estimate of drug-likeness (QED) is 0.242. The summed E-state index contributed by atoms with van der Waals surface area (Å²) in [4.78, 5) is 19.3. The van der Waals surface area contributed by atoms with Gasteiger partial charge in [0.1, 0.15) is 12.6 Å². The van der Waals surface area contributed by atoms with Gasteiger partial charge in [0.25, 0.3) is 5.91 Å². The van der Waals surface area contributed by atoms with Crippen molar-refractivity contribution in [2.45, 2.75) is 4.90 Å². The third-order valence-electron chi connectivity index (χ3n) is 5.59. The first-order valence-electron chi connectivity index (χ1n) is 10.1. The number of piperazine rings is 1. The van der Waals surface area contributed by atoms with Crippen molar-refractivity contribution in [1.82, 2.24) is 14.2 Å². The number of hydrogen-bond acceptors (Lipinski definition) is 5. The number of aromatic nitrogens is 2. The number of thiazole rings is 1. The van der Waals surface area contributed by atoms with E-state index in [4.69, 9.17) is 11.6 Å². The number of aryl methyl sites for hydroxylation is 1. The van der Waals surface area contributed by atoms with Crippen LogP contribution in [0.15, 0.2) is 59.8 Å². The van der Waals surface area contributed by atoms with Crippen LogP contribution in [0.2, 0.25) is 5.02 Å². The van der Waals surface area contributed by atoms with E-state index in [1.807, 2.05) is 36.1 Å². The lowest BCUT2D eigenvalue weighted by atomic mass is 10.1. The van der Waals surface area contributed by atoms with Gasteiger partial charge in [-0.25, -0.2) is 18.0 Å². The maximum atomic E-state index is 13.2. The molecule has 2 aromatic carbocycles. The number of amides is 1. The summed E-state index contributed by atoms with van der Waals surface area (Å²) in [7, 11) is -1.75. The number of carbonyl (C=O) groups excluding carboxylic acids is 1. The summed E-state index contributed by atoms with van der Waals surface area (Å²) in [6.07, 6.45) is 3.80. The number of sulfonamides is 1. The van der Waals surface area contributed by atoms with E-state index < -0.39 is 10.0 Å². The number of benzene rings is 2. The molecule has 0 atom stereocenters. The molecule has 1 amide bonds. The highest BCUT2D eigenvalue weighted by Crippen LogP contribution is 2.26. The largest absolute Gasteiger partial charge is 1.00 e. The minimum absolute atomic E-state index is 0. The van der Waals surface area contributed by atoms with Crippen LogP contribution >= 0.6 is 22.9 Å². The Balaban J connectivity index is 0.00000259. The van der Waals surface area contributed by atoms with E-state index in [1.54, 1.807) is 35.2 Å².